The van der Waals surface area contributed by atoms with Gasteiger partial charge in [0.25, 0.3) is 0 Å². The largest absolute Gasteiger partial charge is 0.373 e. The molecular weight excluding hydrogens is 440 g/mol. The lowest BCUT2D eigenvalue weighted by molar-refractivity contribution is -0.116. The fourth-order valence-electron chi connectivity index (χ4n) is 3.73. The molecule has 0 saturated carbocycles. The summed E-state index contributed by atoms with van der Waals surface area (Å²) in [5.41, 5.74) is 1.72. The first kappa shape index (κ1) is 23.0. The first-order valence-electron chi connectivity index (χ1n) is 10.9. The van der Waals surface area contributed by atoms with Crippen LogP contribution in [0.5, 0.6) is 0 Å². The summed E-state index contributed by atoms with van der Waals surface area (Å²) in [6, 6.07) is 5.74. The molecule has 0 spiro atoms. The van der Waals surface area contributed by atoms with Gasteiger partial charge in [0.1, 0.15) is 16.2 Å². The molecule has 1 fully saturated rings. The molecule has 3 N–H and O–H groups in total. The van der Waals surface area contributed by atoms with Gasteiger partial charge in [-0.1, -0.05) is 17.9 Å². The highest BCUT2D eigenvalue weighted by atomic mass is 32.1. The zero-order chi connectivity index (χ0) is 23.2. The normalized spacial score (nSPS) is 18.7. The average Bonchev–Trinajstić information content (AvgIpc) is 3.18. The van der Waals surface area contributed by atoms with Crippen molar-refractivity contribution in [3.05, 3.63) is 42.7 Å². The van der Waals surface area contributed by atoms with Crippen molar-refractivity contribution < 1.29 is 9.53 Å². The van der Waals surface area contributed by atoms with E-state index in [1.807, 2.05) is 18.2 Å². The van der Waals surface area contributed by atoms with Crippen LogP contribution in [0.15, 0.2) is 37.1 Å². The molecule has 3 aromatic heterocycles. The molecular formula is C22H28N8O2S. The van der Waals surface area contributed by atoms with Crippen molar-refractivity contribution >= 4 is 44.5 Å². The molecule has 2 unspecified atom stereocenters. The topological polar surface area (TPSA) is 117 Å². The maximum Gasteiger partial charge on any atom is 0.243 e. The van der Waals surface area contributed by atoms with E-state index in [0.717, 1.165) is 29.1 Å². The maximum atomic E-state index is 11.4. The number of pyridine rings is 1. The summed E-state index contributed by atoms with van der Waals surface area (Å²) < 4.78 is 5.85. The van der Waals surface area contributed by atoms with Crippen molar-refractivity contribution in [3.63, 3.8) is 0 Å². The SMILES string of the molecule is C=CC(=O)NCCNc1nc(CN2CC(C)OC(C)C2)cc(Nc2nc3cccnc3s2)n1. The highest BCUT2D eigenvalue weighted by molar-refractivity contribution is 7.21. The second-order valence-electron chi connectivity index (χ2n) is 7.91. The number of fused-ring (bicyclic) bond motifs is 1. The molecule has 2 atom stereocenters. The Kier molecular flexibility index (Phi) is 7.43. The molecule has 1 aliphatic heterocycles. The molecule has 1 aliphatic rings. The summed E-state index contributed by atoms with van der Waals surface area (Å²) in [5.74, 6) is 0.913. The van der Waals surface area contributed by atoms with Crippen molar-refractivity contribution in [2.75, 3.05) is 36.8 Å². The number of hydrogen-bond acceptors (Lipinski definition) is 10. The third-order valence-electron chi connectivity index (χ3n) is 4.95. The van der Waals surface area contributed by atoms with E-state index >= 15 is 0 Å². The van der Waals surface area contributed by atoms with Crippen LogP contribution < -0.4 is 16.0 Å². The van der Waals surface area contributed by atoms with E-state index in [4.69, 9.17) is 9.72 Å². The first-order chi connectivity index (χ1) is 16.0. The van der Waals surface area contributed by atoms with Gasteiger partial charge in [-0.3, -0.25) is 9.69 Å². The Morgan fingerprint density at radius 1 is 1.27 bits per heavy atom. The Balaban J connectivity index is 1.51. The Labute approximate surface area is 196 Å². The van der Waals surface area contributed by atoms with Crippen LogP contribution in [0.3, 0.4) is 0 Å². The Hall–Kier alpha value is -3.15. The number of anilines is 3. The summed E-state index contributed by atoms with van der Waals surface area (Å²) in [5, 5.41) is 9.93. The minimum atomic E-state index is -0.214. The van der Waals surface area contributed by atoms with Crippen LogP contribution in [0.1, 0.15) is 19.5 Å². The quantitative estimate of drug-likeness (QED) is 0.322. The molecule has 3 aromatic rings. The zero-order valence-corrected chi connectivity index (χ0v) is 19.6. The minimum Gasteiger partial charge on any atom is -0.373 e. The van der Waals surface area contributed by atoms with Crippen LogP contribution in [0, 0.1) is 0 Å². The number of ether oxygens (including phenoxy) is 1. The summed E-state index contributed by atoms with van der Waals surface area (Å²) >= 11 is 1.47. The minimum absolute atomic E-state index is 0.175. The highest BCUT2D eigenvalue weighted by Crippen LogP contribution is 2.26. The van der Waals surface area contributed by atoms with Crippen molar-refractivity contribution in [1.82, 2.24) is 30.2 Å². The predicted molar refractivity (Wildman–Crippen MR) is 130 cm³/mol. The molecule has 33 heavy (non-hydrogen) atoms. The smallest absolute Gasteiger partial charge is 0.243 e. The Bertz CT molecular complexity index is 1080. The molecule has 174 valence electrons. The first-order valence-corrected chi connectivity index (χ1v) is 11.7. The van der Waals surface area contributed by atoms with Gasteiger partial charge in [0.2, 0.25) is 11.9 Å². The maximum absolute atomic E-state index is 11.4. The second kappa shape index (κ2) is 10.6. The molecule has 1 saturated heterocycles. The molecule has 0 aliphatic carbocycles. The van der Waals surface area contributed by atoms with Gasteiger partial charge in [-0.2, -0.15) is 4.98 Å². The van der Waals surface area contributed by atoms with E-state index in [1.165, 1.54) is 17.4 Å². The van der Waals surface area contributed by atoms with Crippen molar-refractivity contribution in [1.29, 1.82) is 0 Å². The van der Waals surface area contributed by atoms with Gasteiger partial charge in [0.05, 0.1) is 17.9 Å². The lowest BCUT2D eigenvalue weighted by Gasteiger charge is -2.35. The van der Waals surface area contributed by atoms with Crippen LogP contribution in [0.25, 0.3) is 10.3 Å². The molecule has 0 bridgehead atoms. The predicted octanol–water partition coefficient (Wildman–Crippen LogP) is 2.55. The molecule has 0 aromatic carbocycles. The van der Waals surface area contributed by atoms with Crippen molar-refractivity contribution in [3.8, 4) is 0 Å². The third-order valence-corrected chi connectivity index (χ3v) is 5.85. The molecule has 11 heteroatoms. The number of thiazole rings is 1. The van der Waals surface area contributed by atoms with E-state index in [1.54, 1.807) is 6.20 Å². The van der Waals surface area contributed by atoms with Gasteiger partial charge in [-0.25, -0.2) is 15.0 Å². The fourth-order valence-corrected chi connectivity index (χ4v) is 4.54. The van der Waals surface area contributed by atoms with Gasteiger partial charge in [-0.15, -0.1) is 0 Å². The van der Waals surface area contributed by atoms with Gasteiger partial charge >= 0.3 is 0 Å². The summed E-state index contributed by atoms with van der Waals surface area (Å²) in [7, 11) is 0. The third kappa shape index (κ3) is 6.44. The molecule has 4 heterocycles. The number of aromatic nitrogens is 4. The monoisotopic (exact) mass is 468 g/mol. The summed E-state index contributed by atoms with van der Waals surface area (Å²) in [4.78, 5) is 32.8. The van der Waals surface area contributed by atoms with Crippen LogP contribution >= 0.6 is 11.3 Å². The number of hydrogen-bond donors (Lipinski definition) is 3. The second-order valence-corrected chi connectivity index (χ2v) is 8.89. The molecule has 1 amide bonds. The van der Waals surface area contributed by atoms with E-state index < -0.39 is 0 Å². The number of rotatable bonds is 9. The lowest BCUT2D eigenvalue weighted by Crippen LogP contribution is -2.45. The summed E-state index contributed by atoms with van der Waals surface area (Å²) in [6.07, 6.45) is 3.35. The van der Waals surface area contributed by atoms with Gasteiger partial charge < -0.3 is 20.7 Å². The number of carbonyl (C=O) groups is 1. The van der Waals surface area contributed by atoms with E-state index in [2.05, 4.69) is 56.2 Å². The number of amides is 1. The highest BCUT2D eigenvalue weighted by Gasteiger charge is 2.23. The zero-order valence-electron chi connectivity index (χ0n) is 18.7. The lowest BCUT2D eigenvalue weighted by atomic mass is 10.2. The molecule has 0 radical (unpaired) electrons. The Morgan fingerprint density at radius 2 is 2.09 bits per heavy atom. The standard InChI is InChI=1S/C22H28N8O2S/c1-4-19(31)23-8-9-25-21-26-16(13-30-11-14(2)32-15(3)12-30)10-18(28-21)29-22-27-17-6-5-7-24-20(17)33-22/h4-7,10,14-15H,1,8-9,11-13H2,2-3H3,(H,23,31)(H2,25,26,27,28,29). The number of nitrogens with one attached hydrogen (secondary N) is 3. The van der Waals surface area contributed by atoms with E-state index in [9.17, 15) is 4.79 Å². The van der Waals surface area contributed by atoms with Crippen molar-refractivity contribution in [2.45, 2.75) is 32.6 Å². The van der Waals surface area contributed by atoms with Crippen LogP contribution in [-0.2, 0) is 16.1 Å². The van der Waals surface area contributed by atoms with Gasteiger partial charge in [0, 0.05) is 45.0 Å². The molecule has 10 nitrogen and oxygen atoms in total. The van der Waals surface area contributed by atoms with Crippen LogP contribution in [0.4, 0.5) is 16.9 Å². The van der Waals surface area contributed by atoms with Crippen molar-refractivity contribution in [2.24, 2.45) is 0 Å². The summed E-state index contributed by atoms with van der Waals surface area (Å²) in [6.45, 7) is 10.9. The number of nitrogens with zero attached hydrogens (tertiary/aromatic N) is 5. The van der Waals surface area contributed by atoms with E-state index in [-0.39, 0.29) is 18.1 Å². The van der Waals surface area contributed by atoms with Gasteiger partial charge in [0.15, 0.2) is 5.13 Å². The van der Waals surface area contributed by atoms with Crippen LogP contribution in [0.2, 0.25) is 0 Å². The number of morpholine rings is 1. The average molecular weight is 469 g/mol. The Morgan fingerprint density at radius 3 is 2.85 bits per heavy atom. The van der Waals surface area contributed by atoms with Gasteiger partial charge in [-0.05, 0) is 32.1 Å². The van der Waals surface area contributed by atoms with Crippen LogP contribution in [-0.4, -0.2) is 69.1 Å². The fraction of sp³-hybridized carbons (Fsp3) is 0.409. The van der Waals surface area contributed by atoms with E-state index in [0.29, 0.717) is 36.5 Å². The number of carbonyl (C=O) groups excluding carboxylic acids is 1. The molecule has 4 rings (SSSR count).